The molecule has 4 nitrogen and oxygen atoms in total. The maximum absolute atomic E-state index is 13.5. The molecule has 0 radical (unpaired) electrons. The van der Waals surface area contributed by atoms with Gasteiger partial charge in [-0.25, -0.2) is 9.38 Å². The maximum atomic E-state index is 13.5. The van der Waals surface area contributed by atoms with Gasteiger partial charge in [-0.15, -0.1) is 0 Å². The summed E-state index contributed by atoms with van der Waals surface area (Å²) in [6, 6.07) is 5.23. The van der Waals surface area contributed by atoms with Crippen LogP contribution in [0.5, 0.6) is 0 Å². The van der Waals surface area contributed by atoms with E-state index in [-0.39, 0.29) is 12.4 Å². The maximum Gasteiger partial charge on any atom is 0.189 e. The Kier molecular flexibility index (Phi) is 8.62. The van der Waals surface area contributed by atoms with Gasteiger partial charge in [0.2, 0.25) is 0 Å². The van der Waals surface area contributed by atoms with Crippen LogP contribution in [0.15, 0.2) is 23.2 Å². The number of benzene rings is 1. The van der Waals surface area contributed by atoms with E-state index in [1.807, 2.05) is 0 Å². The smallest absolute Gasteiger partial charge is 0.189 e. The molecule has 0 aliphatic heterocycles. The average Bonchev–Trinajstić information content (AvgIpc) is 2.48. The Labute approximate surface area is 139 Å². The number of nitrogens with zero attached hydrogens (tertiary/aromatic N) is 1. The summed E-state index contributed by atoms with van der Waals surface area (Å²) >= 11 is 0. The van der Waals surface area contributed by atoms with E-state index in [4.69, 9.17) is 10.5 Å². The number of ether oxygens (including phenoxy) is 1. The minimum atomic E-state index is -0.260. The molecular formula is C18H30FN3O. The highest BCUT2D eigenvalue weighted by Crippen LogP contribution is 2.12. The van der Waals surface area contributed by atoms with Gasteiger partial charge >= 0.3 is 0 Å². The Morgan fingerprint density at radius 2 is 2.04 bits per heavy atom. The van der Waals surface area contributed by atoms with Crippen molar-refractivity contribution < 1.29 is 9.13 Å². The molecule has 1 aromatic rings. The molecule has 0 aliphatic rings. The van der Waals surface area contributed by atoms with E-state index in [9.17, 15) is 4.39 Å². The average molecular weight is 323 g/mol. The fourth-order valence-electron chi connectivity index (χ4n) is 2.37. The van der Waals surface area contributed by atoms with Crippen LogP contribution < -0.4 is 11.1 Å². The standard InChI is InChI=1S/C18H30FN3O/c1-13(2)6-5-7-14(3)22-18(20)21-11-15-8-9-17(19)16(10-15)12-23-4/h8-10,13-14H,5-7,11-12H2,1-4H3,(H3,20,21,22). The molecule has 1 aromatic carbocycles. The van der Waals surface area contributed by atoms with Gasteiger partial charge in [0.1, 0.15) is 5.82 Å². The van der Waals surface area contributed by atoms with E-state index in [0.29, 0.717) is 24.1 Å². The lowest BCUT2D eigenvalue weighted by Gasteiger charge is -2.15. The Morgan fingerprint density at radius 3 is 2.70 bits per heavy atom. The van der Waals surface area contributed by atoms with Gasteiger partial charge in [0.05, 0.1) is 13.2 Å². The van der Waals surface area contributed by atoms with Crippen LogP contribution in [0.2, 0.25) is 0 Å². The van der Waals surface area contributed by atoms with Crippen LogP contribution >= 0.6 is 0 Å². The zero-order chi connectivity index (χ0) is 17.2. The minimum Gasteiger partial charge on any atom is -0.380 e. The molecular weight excluding hydrogens is 293 g/mol. The monoisotopic (exact) mass is 323 g/mol. The molecule has 0 spiro atoms. The number of aliphatic imine (C=N–C) groups is 1. The van der Waals surface area contributed by atoms with Crippen molar-refractivity contribution in [1.82, 2.24) is 5.32 Å². The first-order valence-corrected chi connectivity index (χ1v) is 8.25. The summed E-state index contributed by atoms with van der Waals surface area (Å²) in [5, 5.41) is 3.20. The number of hydrogen-bond acceptors (Lipinski definition) is 2. The van der Waals surface area contributed by atoms with Crippen LogP contribution in [0.3, 0.4) is 0 Å². The molecule has 0 heterocycles. The molecule has 0 bridgehead atoms. The molecule has 0 saturated heterocycles. The molecule has 130 valence electrons. The lowest BCUT2D eigenvalue weighted by Crippen LogP contribution is -2.38. The van der Waals surface area contributed by atoms with Crippen molar-refractivity contribution >= 4 is 5.96 Å². The molecule has 0 saturated carbocycles. The van der Waals surface area contributed by atoms with Crippen LogP contribution in [-0.2, 0) is 17.9 Å². The minimum absolute atomic E-state index is 0.254. The summed E-state index contributed by atoms with van der Waals surface area (Å²) in [4.78, 5) is 4.33. The van der Waals surface area contributed by atoms with E-state index in [2.05, 4.69) is 31.1 Å². The van der Waals surface area contributed by atoms with Gasteiger partial charge in [-0.1, -0.05) is 32.8 Å². The van der Waals surface area contributed by atoms with Crippen molar-refractivity contribution in [3.8, 4) is 0 Å². The highest BCUT2D eigenvalue weighted by Gasteiger charge is 2.05. The highest BCUT2D eigenvalue weighted by atomic mass is 19.1. The number of halogens is 1. The van der Waals surface area contributed by atoms with Gasteiger partial charge in [0.15, 0.2) is 5.96 Å². The SMILES string of the molecule is COCc1cc(CN=C(N)NC(C)CCCC(C)C)ccc1F. The van der Waals surface area contributed by atoms with Crippen LogP contribution in [0.1, 0.15) is 51.2 Å². The summed E-state index contributed by atoms with van der Waals surface area (Å²) in [7, 11) is 1.55. The first-order chi connectivity index (χ1) is 10.9. The lowest BCUT2D eigenvalue weighted by atomic mass is 10.0. The van der Waals surface area contributed by atoms with Crippen LogP contribution in [-0.4, -0.2) is 19.1 Å². The van der Waals surface area contributed by atoms with Crippen molar-refractivity contribution in [2.45, 2.75) is 59.2 Å². The molecule has 3 N–H and O–H groups in total. The number of nitrogens with one attached hydrogen (secondary N) is 1. The van der Waals surface area contributed by atoms with Crippen LogP contribution in [0.4, 0.5) is 4.39 Å². The highest BCUT2D eigenvalue weighted by molar-refractivity contribution is 5.78. The number of hydrogen-bond donors (Lipinski definition) is 2. The number of guanidine groups is 1. The second-order valence-corrected chi connectivity index (χ2v) is 6.43. The van der Waals surface area contributed by atoms with E-state index in [0.717, 1.165) is 17.9 Å². The van der Waals surface area contributed by atoms with Crippen LogP contribution in [0, 0.1) is 11.7 Å². The molecule has 0 aliphatic carbocycles. The number of methoxy groups -OCH3 is 1. The summed E-state index contributed by atoms with van der Waals surface area (Å²) in [6.07, 6.45) is 3.47. The Morgan fingerprint density at radius 1 is 1.30 bits per heavy atom. The normalized spacial score (nSPS) is 13.4. The fraction of sp³-hybridized carbons (Fsp3) is 0.611. The van der Waals surface area contributed by atoms with E-state index < -0.39 is 0 Å². The zero-order valence-corrected chi connectivity index (χ0v) is 14.7. The van der Waals surface area contributed by atoms with E-state index >= 15 is 0 Å². The fourth-order valence-corrected chi connectivity index (χ4v) is 2.37. The zero-order valence-electron chi connectivity index (χ0n) is 14.7. The first-order valence-electron chi connectivity index (χ1n) is 8.25. The summed E-state index contributed by atoms with van der Waals surface area (Å²) in [6.45, 7) is 7.25. The topological polar surface area (TPSA) is 59.6 Å². The van der Waals surface area contributed by atoms with Crippen molar-refractivity contribution in [2.24, 2.45) is 16.6 Å². The first kappa shape index (κ1) is 19.4. The molecule has 5 heteroatoms. The van der Waals surface area contributed by atoms with Crippen LogP contribution in [0.25, 0.3) is 0 Å². The molecule has 23 heavy (non-hydrogen) atoms. The predicted molar refractivity (Wildman–Crippen MR) is 93.7 cm³/mol. The van der Waals surface area contributed by atoms with Gasteiger partial charge in [0, 0.05) is 18.7 Å². The lowest BCUT2D eigenvalue weighted by molar-refractivity contribution is 0.181. The third-order valence-electron chi connectivity index (χ3n) is 3.65. The second-order valence-electron chi connectivity index (χ2n) is 6.43. The molecule has 1 unspecified atom stereocenters. The molecule has 0 aromatic heterocycles. The van der Waals surface area contributed by atoms with Crippen molar-refractivity contribution in [3.05, 3.63) is 35.1 Å². The number of nitrogens with two attached hydrogens (primary N) is 1. The van der Waals surface area contributed by atoms with Crippen molar-refractivity contribution in [3.63, 3.8) is 0 Å². The van der Waals surface area contributed by atoms with E-state index in [1.165, 1.54) is 18.9 Å². The van der Waals surface area contributed by atoms with Gasteiger partial charge in [-0.05, 0) is 37.0 Å². The van der Waals surface area contributed by atoms with Gasteiger partial charge in [0.25, 0.3) is 0 Å². The van der Waals surface area contributed by atoms with Gasteiger partial charge in [-0.2, -0.15) is 0 Å². The summed E-state index contributed by atoms with van der Waals surface area (Å²) in [5.74, 6) is 0.900. The molecule has 0 fully saturated rings. The largest absolute Gasteiger partial charge is 0.380 e. The molecule has 1 rings (SSSR count). The van der Waals surface area contributed by atoms with E-state index in [1.54, 1.807) is 19.2 Å². The Balaban J connectivity index is 2.48. The van der Waals surface area contributed by atoms with Crippen molar-refractivity contribution in [2.75, 3.05) is 7.11 Å². The van der Waals surface area contributed by atoms with Gasteiger partial charge in [-0.3, -0.25) is 0 Å². The number of rotatable bonds is 9. The third-order valence-corrected chi connectivity index (χ3v) is 3.65. The summed E-state index contributed by atoms with van der Waals surface area (Å²) < 4.78 is 18.5. The molecule has 0 amide bonds. The quantitative estimate of drug-likeness (QED) is 0.539. The third kappa shape index (κ3) is 7.98. The predicted octanol–water partition coefficient (Wildman–Crippen LogP) is 3.59. The Bertz CT molecular complexity index is 503. The molecule has 1 atom stereocenters. The Hall–Kier alpha value is -1.62. The second kappa shape index (κ2) is 10.2. The van der Waals surface area contributed by atoms with Gasteiger partial charge < -0.3 is 15.8 Å². The summed E-state index contributed by atoms with van der Waals surface area (Å²) in [5.41, 5.74) is 7.37. The van der Waals surface area contributed by atoms with Crippen molar-refractivity contribution in [1.29, 1.82) is 0 Å².